The van der Waals surface area contributed by atoms with E-state index in [2.05, 4.69) is 60.7 Å². The van der Waals surface area contributed by atoms with Crippen LogP contribution in [0.3, 0.4) is 0 Å². The summed E-state index contributed by atoms with van der Waals surface area (Å²) in [6.07, 6.45) is 1.39. The molecule has 0 aliphatic carbocycles. The van der Waals surface area contributed by atoms with Crippen LogP contribution in [0.2, 0.25) is 0 Å². The summed E-state index contributed by atoms with van der Waals surface area (Å²) in [6.45, 7) is 0. The van der Waals surface area contributed by atoms with Crippen molar-refractivity contribution in [3.05, 3.63) is 127 Å². The fourth-order valence-electron chi connectivity index (χ4n) is 3.94. The van der Waals surface area contributed by atoms with Crippen molar-refractivity contribution < 1.29 is 8.42 Å². The number of rotatable bonds is 9. The van der Waals surface area contributed by atoms with E-state index >= 15 is 0 Å². The van der Waals surface area contributed by atoms with Crippen LogP contribution in [0.15, 0.2) is 126 Å². The standard InChI is InChI=1S/C28H28NO2PS/c1-29(33(30,31)28-20-12-5-13-21-28)25(22-24-14-6-2-7-15-24)23-32(26-16-8-3-9-17-26)27-18-10-4-11-19-27/h2-21,25H,22-23H2,1H3/t25-/m0/s1. The molecule has 4 rings (SSSR count). The van der Waals surface area contributed by atoms with Gasteiger partial charge in [0.2, 0.25) is 10.0 Å². The van der Waals surface area contributed by atoms with Gasteiger partial charge in [0.05, 0.1) is 4.90 Å². The average molecular weight is 474 g/mol. The van der Waals surface area contributed by atoms with Gasteiger partial charge in [-0.15, -0.1) is 0 Å². The lowest BCUT2D eigenvalue weighted by Crippen LogP contribution is -2.41. The molecular formula is C28H28NO2PS. The molecule has 0 saturated carbocycles. The van der Waals surface area contributed by atoms with Gasteiger partial charge in [0, 0.05) is 13.1 Å². The lowest BCUT2D eigenvalue weighted by molar-refractivity contribution is 0.390. The second-order valence-electron chi connectivity index (χ2n) is 7.96. The topological polar surface area (TPSA) is 37.4 Å². The molecule has 0 fully saturated rings. The number of likely N-dealkylation sites (N-methyl/N-ethyl adjacent to an activating group) is 1. The third kappa shape index (κ3) is 5.78. The second kappa shape index (κ2) is 10.9. The lowest BCUT2D eigenvalue weighted by atomic mass is 10.1. The second-order valence-corrected chi connectivity index (χ2v) is 12.2. The highest BCUT2D eigenvalue weighted by atomic mass is 32.2. The zero-order valence-corrected chi connectivity index (χ0v) is 20.4. The molecule has 0 aliphatic heterocycles. The molecule has 0 bridgehead atoms. The molecule has 0 saturated heterocycles. The minimum absolute atomic E-state index is 0.191. The van der Waals surface area contributed by atoms with E-state index in [-0.39, 0.29) is 6.04 Å². The number of sulfonamides is 1. The molecule has 0 spiro atoms. The fraction of sp³-hybridized carbons (Fsp3) is 0.143. The molecule has 1 atom stereocenters. The van der Waals surface area contributed by atoms with Crippen LogP contribution in [0.5, 0.6) is 0 Å². The third-order valence-corrected chi connectivity index (χ3v) is 10.3. The Labute approximate surface area is 198 Å². The SMILES string of the molecule is CN([C@@H](Cc1ccccc1)CP(c1ccccc1)c1ccccc1)S(=O)(=O)c1ccccc1. The minimum Gasteiger partial charge on any atom is -0.207 e. The van der Waals surface area contributed by atoms with Crippen LogP contribution in [-0.2, 0) is 16.4 Å². The first-order valence-electron chi connectivity index (χ1n) is 11.0. The zero-order chi connectivity index (χ0) is 23.1. The van der Waals surface area contributed by atoms with Crippen molar-refractivity contribution in [1.82, 2.24) is 4.31 Å². The first kappa shape index (κ1) is 23.4. The fourth-order valence-corrected chi connectivity index (χ4v) is 8.00. The van der Waals surface area contributed by atoms with E-state index in [4.69, 9.17) is 0 Å². The molecule has 0 unspecified atom stereocenters. The Morgan fingerprint density at radius 1 is 0.667 bits per heavy atom. The van der Waals surface area contributed by atoms with Gasteiger partial charge in [-0.3, -0.25) is 0 Å². The predicted octanol–water partition coefficient (Wildman–Crippen LogP) is 5.05. The molecule has 168 valence electrons. The first-order chi connectivity index (χ1) is 16.1. The van der Waals surface area contributed by atoms with Gasteiger partial charge in [0.25, 0.3) is 0 Å². The highest BCUT2D eigenvalue weighted by Gasteiger charge is 2.31. The van der Waals surface area contributed by atoms with Gasteiger partial charge in [0.15, 0.2) is 0 Å². The third-order valence-electron chi connectivity index (χ3n) is 5.78. The van der Waals surface area contributed by atoms with Crippen molar-refractivity contribution in [2.24, 2.45) is 0 Å². The summed E-state index contributed by atoms with van der Waals surface area (Å²) < 4.78 is 28.7. The van der Waals surface area contributed by atoms with Crippen molar-refractivity contribution in [1.29, 1.82) is 0 Å². The summed E-state index contributed by atoms with van der Waals surface area (Å²) in [4.78, 5) is 0.328. The van der Waals surface area contributed by atoms with Crippen LogP contribution in [0.4, 0.5) is 0 Å². The van der Waals surface area contributed by atoms with Crippen molar-refractivity contribution >= 4 is 28.6 Å². The van der Waals surface area contributed by atoms with E-state index in [0.29, 0.717) is 11.3 Å². The number of benzene rings is 4. The summed E-state index contributed by atoms with van der Waals surface area (Å²) in [5.41, 5.74) is 1.13. The average Bonchev–Trinajstić information content (AvgIpc) is 2.88. The Hall–Kier alpha value is -2.78. The normalized spacial score (nSPS) is 12.7. The van der Waals surface area contributed by atoms with Crippen molar-refractivity contribution in [2.75, 3.05) is 13.2 Å². The maximum absolute atomic E-state index is 13.6. The van der Waals surface area contributed by atoms with Crippen LogP contribution in [0.25, 0.3) is 0 Å². The van der Waals surface area contributed by atoms with Crippen LogP contribution in [0.1, 0.15) is 5.56 Å². The predicted molar refractivity (Wildman–Crippen MR) is 139 cm³/mol. The van der Waals surface area contributed by atoms with E-state index in [1.54, 1.807) is 35.6 Å². The molecule has 5 heteroatoms. The first-order valence-corrected chi connectivity index (χ1v) is 14.0. The highest BCUT2D eigenvalue weighted by molar-refractivity contribution is 7.89. The molecular weight excluding hydrogens is 445 g/mol. The molecule has 0 heterocycles. The minimum atomic E-state index is -3.62. The molecule has 4 aromatic rings. The molecule has 0 N–H and O–H groups in total. The Kier molecular flexibility index (Phi) is 7.72. The molecule has 0 radical (unpaired) electrons. The van der Waals surface area contributed by atoms with E-state index in [0.717, 1.165) is 11.7 Å². The molecule has 0 aliphatic rings. The Morgan fingerprint density at radius 2 is 1.09 bits per heavy atom. The van der Waals surface area contributed by atoms with Gasteiger partial charge in [-0.1, -0.05) is 109 Å². The van der Waals surface area contributed by atoms with E-state index in [1.165, 1.54) is 10.6 Å². The highest BCUT2D eigenvalue weighted by Crippen LogP contribution is 2.37. The van der Waals surface area contributed by atoms with Crippen LogP contribution in [0, 0.1) is 0 Å². The largest absolute Gasteiger partial charge is 0.243 e. The van der Waals surface area contributed by atoms with Crippen molar-refractivity contribution in [3.63, 3.8) is 0 Å². The van der Waals surface area contributed by atoms with Crippen molar-refractivity contribution in [3.8, 4) is 0 Å². The Morgan fingerprint density at radius 3 is 1.58 bits per heavy atom. The van der Waals surface area contributed by atoms with Gasteiger partial charge in [0.1, 0.15) is 0 Å². The monoisotopic (exact) mass is 473 g/mol. The van der Waals surface area contributed by atoms with Gasteiger partial charge >= 0.3 is 0 Å². The summed E-state index contributed by atoms with van der Waals surface area (Å²) in [5, 5.41) is 2.50. The Bertz CT molecular complexity index is 1190. The summed E-state index contributed by atoms with van der Waals surface area (Å²) >= 11 is 0. The molecule has 4 aromatic carbocycles. The van der Waals surface area contributed by atoms with Crippen LogP contribution in [-0.4, -0.2) is 32.0 Å². The summed E-state index contributed by atoms with van der Waals surface area (Å²) in [7, 11) is -2.64. The number of hydrogen-bond donors (Lipinski definition) is 0. The molecule has 0 amide bonds. The van der Waals surface area contributed by atoms with Gasteiger partial charge in [-0.2, -0.15) is 4.31 Å². The number of hydrogen-bond acceptors (Lipinski definition) is 2. The quantitative estimate of drug-likeness (QED) is 0.319. The van der Waals surface area contributed by atoms with Crippen LogP contribution < -0.4 is 10.6 Å². The van der Waals surface area contributed by atoms with Gasteiger partial charge in [-0.25, -0.2) is 8.42 Å². The maximum Gasteiger partial charge on any atom is 0.243 e. The molecule has 33 heavy (non-hydrogen) atoms. The van der Waals surface area contributed by atoms with Crippen LogP contribution >= 0.6 is 7.92 Å². The van der Waals surface area contributed by atoms with E-state index in [1.807, 2.05) is 36.4 Å². The maximum atomic E-state index is 13.6. The molecule has 0 aromatic heterocycles. The Balaban J connectivity index is 1.73. The van der Waals surface area contributed by atoms with Gasteiger partial charge in [-0.05, 0) is 48.8 Å². The van der Waals surface area contributed by atoms with E-state index in [9.17, 15) is 8.42 Å². The lowest BCUT2D eigenvalue weighted by Gasteiger charge is -2.31. The van der Waals surface area contributed by atoms with Gasteiger partial charge < -0.3 is 0 Å². The van der Waals surface area contributed by atoms with E-state index < -0.39 is 17.9 Å². The smallest absolute Gasteiger partial charge is 0.207 e. The number of nitrogens with zero attached hydrogens (tertiary/aromatic N) is 1. The zero-order valence-electron chi connectivity index (χ0n) is 18.7. The summed E-state index contributed by atoms with van der Waals surface area (Å²) in [5.74, 6) is 0. The molecule has 3 nitrogen and oxygen atoms in total. The summed E-state index contributed by atoms with van der Waals surface area (Å²) in [6, 6.07) is 39.6. The van der Waals surface area contributed by atoms with Crippen molar-refractivity contribution in [2.45, 2.75) is 17.4 Å².